The van der Waals surface area contributed by atoms with Gasteiger partial charge >= 0.3 is 6.03 Å². The normalized spacial score (nSPS) is 16.0. The molecule has 0 bridgehead atoms. The van der Waals surface area contributed by atoms with Gasteiger partial charge in [0.15, 0.2) is 0 Å². The Balaban J connectivity index is 1.50. The first-order valence-corrected chi connectivity index (χ1v) is 8.83. The van der Waals surface area contributed by atoms with Crippen LogP contribution in [-0.2, 0) is 19.4 Å². The number of thiazole rings is 1. The quantitative estimate of drug-likeness (QED) is 0.872. The molecule has 7 heteroatoms. The average molecular weight is 347 g/mol. The van der Waals surface area contributed by atoms with Crippen molar-refractivity contribution in [2.24, 2.45) is 0 Å². The molecule has 0 fully saturated rings. The zero-order chi connectivity index (χ0) is 16.9. The van der Waals surface area contributed by atoms with E-state index in [9.17, 15) is 4.79 Å². The monoisotopic (exact) mass is 347 g/mol. The van der Waals surface area contributed by atoms with Gasteiger partial charge in [-0.25, -0.2) is 9.78 Å². The van der Waals surface area contributed by atoms with Crippen molar-refractivity contribution < 1.29 is 14.3 Å². The van der Waals surface area contributed by atoms with E-state index in [1.54, 1.807) is 18.4 Å². The lowest BCUT2D eigenvalue weighted by Crippen LogP contribution is -2.47. The smallest absolute Gasteiger partial charge is 0.315 e. The van der Waals surface area contributed by atoms with E-state index in [1.807, 2.05) is 23.6 Å². The minimum absolute atomic E-state index is 0.0486. The fraction of sp³-hybridized carbons (Fsp3) is 0.412. The second-order valence-corrected chi connectivity index (χ2v) is 6.54. The van der Waals surface area contributed by atoms with Gasteiger partial charge in [-0.05, 0) is 24.5 Å². The Bertz CT molecular complexity index is 717. The highest BCUT2D eigenvalue weighted by Gasteiger charge is 2.21. The Morgan fingerprint density at radius 1 is 1.50 bits per heavy atom. The van der Waals surface area contributed by atoms with Crippen molar-refractivity contribution >= 4 is 17.4 Å². The molecule has 2 N–H and O–H groups in total. The summed E-state index contributed by atoms with van der Waals surface area (Å²) in [6.07, 6.45) is 1.66. The molecule has 24 heavy (non-hydrogen) atoms. The second kappa shape index (κ2) is 7.53. The third-order valence-corrected chi connectivity index (χ3v) is 4.89. The van der Waals surface area contributed by atoms with Crippen LogP contribution in [0.25, 0.3) is 0 Å². The van der Waals surface area contributed by atoms with E-state index in [4.69, 9.17) is 9.47 Å². The maximum Gasteiger partial charge on any atom is 0.315 e. The van der Waals surface area contributed by atoms with E-state index >= 15 is 0 Å². The molecule has 0 radical (unpaired) electrons. The first-order valence-electron chi connectivity index (χ1n) is 7.95. The number of methoxy groups -OCH3 is 1. The van der Waals surface area contributed by atoms with Crippen molar-refractivity contribution in [3.8, 4) is 11.5 Å². The van der Waals surface area contributed by atoms with Crippen LogP contribution in [0.1, 0.15) is 23.2 Å². The summed E-state index contributed by atoms with van der Waals surface area (Å²) in [5.74, 6) is 1.59. The number of rotatable bonds is 5. The van der Waals surface area contributed by atoms with Gasteiger partial charge in [-0.3, -0.25) is 0 Å². The lowest BCUT2D eigenvalue weighted by atomic mass is 10.0. The number of urea groups is 1. The number of aryl methyl sites for hydroxylation is 1. The number of nitrogens with zero attached hydrogens (tertiary/aromatic N) is 1. The molecule has 0 unspecified atom stereocenters. The lowest BCUT2D eigenvalue weighted by Gasteiger charge is -2.26. The Labute approximate surface area is 145 Å². The van der Waals surface area contributed by atoms with Crippen molar-refractivity contribution in [1.82, 2.24) is 15.6 Å². The predicted octanol–water partition coefficient (Wildman–Crippen LogP) is 2.52. The van der Waals surface area contributed by atoms with Gasteiger partial charge in [0.05, 0.1) is 30.4 Å². The first kappa shape index (κ1) is 16.6. The molecule has 2 heterocycles. The molecule has 0 aliphatic carbocycles. The van der Waals surface area contributed by atoms with Crippen molar-refractivity contribution in [3.05, 3.63) is 39.8 Å². The van der Waals surface area contributed by atoms with E-state index in [0.717, 1.165) is 40.6 Å². The van der Waals surface area contributed by atoms with Gasteiger partial charge in [0.2, 0.25) is 0 Å². The summed E-state index contributed by atoms with van der Waals surface area (Å²) < 4.78 is 10.9. The van der Waals surface area contributed by atoms with Crippen LogP contribution in [0, 0.1) is 0 Å². The highest BCUT2D eigenvalue weighted by Crippen LogP contribution is 2.28. The number of carbonyl (C=O) groups excluding carboxylic acids is 1. The summed E-state index contributed by atoms with van der Waals surface area (Å²) in [7, 11) is 1.63. The number of fused-ring (bicyclic) bond motifs is 1. The maximum atomic E-state index is 12.1. The van der Waals surface area contributed by atoms with Gasteiger partial charge in [0.1, 0.15) is 18.1 Å². The molecule has 6 nitrogen and oxygen atoms in total. The molecule has 128 valence electrons. The lowest BCUT2D eigenvalue weighted by molar-refractivity contribution is 0.213. The third-order valence-electron chi connectivity index (χ3n) is 3.85. The maximum absolute atomic E-state index is 12.1. The Morgan fingerprint density at radius 3 is 3.12 bits per heavy atom. The molecule has 1 aliphatic rings. The van der Waals surface area contributed by atoms with Crippen molar-refractivity contribution in [2.75, 3.05) is 13.7 Å². The molecule has 1 atom stereocenters. The van der Waals surface area contributed by atoms with Crippen LogP contribution in [0.4, 0.5) is 4.79 Å². The van der Waals surface area contributed by atoms with Crippen LogP contribution >= 0.6 is 11.3 Å². The van der Waals surface area contributed by atoms with Crippen LogP contribution < -0.4 is 20.1 Å². The zero-order valence-corrected chi connectivity index (χ0v) is 14.6. The summed E-state index contributed by atoms with van der Waals surface area (Å²) >= 11 is 1.62. The van der Waals surface area contributed by atoms with Crippen molar-refractivity contribution in [3.63, 3.8) is 0 Å². The minimum Gasteiger partial charge on any atom is -0.497 e. The molecule has 0 spiro atoms. The molecule has 1 aliphatic heterocycles. The molecule has 2 aromatic rings. The summed E-state index contributed by atoms with van der Waals surface area (Å²) in [6.45, 7) is 2.95. The van der Waals surface area contributed by atoms with Gasteiger partial charge in [-0.1, -0.05) is 13.0 Å². The van der Waals surface area contributed by atoms with Crippen LogP contribution in [0.15, 0.2) is 23.6 Å². The molecule has 0 saturated carbocycles. The number of aromatic nitrogens is 1. The molecule has 1 aromatic heterocycles. The SMILES string of the molecule is CCc1nc(CNC(=O)N[C@@H]2COc3cc(OC)ccc3C2)cs1. The average Bonchev–Trinajstić information content (AvgIpc) is 3.07. The summed E-state index contributed by atoms with van der Waals surface area (Å²) in [5.41, 5.74) is 1.96. The number of ether oxygens (including phenoxy) is 2. The van der Waals surface area contributed by atoms with Crippen LogP contribution in [-0.4, -0.2) is 30.8 Å². The van der Waals surface area contributed by atoms with Crippen molar-refractivity contribution in [2.45, 2.75) is 32.4 Å². The Hall–Kier alpha value is -2.28. The van der Waals surface area contributed by atoms with Gasteiger partial charge in [0.25, 0.3) is 0 Å². The topological polar surface area (TPSA) is 72.5 Å². The van der Waals surface area contributed by atoms with E-state index in [1.165, 1.54) is 0 Å². The number of amides is 2. The number of benzene rings is 1. The molecular formula is C17H21N3O3S. The fourth-order valence-corrected chi connectivity index (χ4v) is 3.32. The number of hydrogen-bond acceptors (Lipinski definition) is 5. The predicted molar refractivity (Wildman–Crippen MR) is 92.8 cm³/mol. The van der Waals surface area contributed by atoms with Crippen molar-refractivity contribution in [1.29, 1.82) is 0 Å². The highest BCUT2D eigenvalue weighted by atomic mass is 32.1. The first-order chi connectivity index (χ1) is 11.7. The van der Waals surface area contributed by atoms with Crippen LogP contribution in [0.3, 0.4) is 0 Å². The van der Waals surface area contributed by atoms with Crippen LogP contribution in [0.2, 0.25) is 0 Å². The van der Waals surface area contributed by atoms with E-state index < -0.39 is 0 Å². The largest absolute Gasteiger partial charge is 0.497 e. The zero-order valence-electron chi connectivity index (χ0n) is 13.8. The number of hydrogen-bond donors (Lipinski definition) is 2. The number of nitrogens with one attached hydrogen (secondary N) is 2. The van der Waals surface area contributed by atoms with E-state index in [2.05, 4.69) is 22.5 Å². The summed E-state index contributed by atoms with van der Waals surface area (Å²) in [6, 6.07) is 5.50. The van der Waals surface area contributed by atoms with Crippen LogP contribution in [0.5, 0.6) is 11.5 Å². The molecule has 1 aromatic carbocycles. The molecule has 3 rings (SSSR count). The molecule has 2 amide bonds. The van der Waals surface area contributed by atoms with Gasteiger partial charge in [-0.15, -0.1) is 11.3 Å². The summed E-state index contributed by atoms with van der Waals surface area (Å²) in [5, 5.41) is 8.86. The Morgan fingerprint density at radius 2 is 2.38 bits per heavy atom. The van der Waals surface area contributed by atoms with E-state index in [-0.39, 0.29) is 12.1 Å². The molecule has 0 saturated heterocycles. The fourth-order valence-electron chi connectivity index (χ4n) is 2.57. The van der Waals surface area contributed by atoms with Gasteiger partial charge in [0, 0.05) is 11.4 Å². The minimum atomic E-state index is -0.202. The second-order valence-electron chi connectivity index (χ2n) is 5.60. The van der Waals surface area contributed by atoms with E-state index in [0.29, 0.717) is 13.2 Å². The molecular weight excluding hydrogens is 326 g/mol. The standard InChI is InChI=1S/C17H21N3O3S/c1-3-16-19-13(10-24-16)8-18-17(21)20-12-6-11-4-5-14(22-2)7-15(11)23-9-12/h4-5,7,10,12H,3,6,8-9H2,1-2H3,(H2,18,20,21)/t12-/m0/s1. The van der Waals surface area contributed by atoms with Gasteiger partial charge in [-0.2, -0.15) is 0 Å². The third kappa shape index (κ3) is 3.97. The number of carbonyl (C=O) groups is 1. The van der Waals surface area contributed by atoms with Gasteiger partial charge < -0.3 is 20.1 Å². The highest BCUT2D eigenvalue weighted by molar-refractivity contribution is 7.09. The summed E-state index contributed by atoms with van der Waals surface area (Å²) in [4.78, 5) is 16.5. The Kier molecular flexibility index (Phi) is 5.20.